The number of carbonyl (C=O) groups is 2. The number of aromatic nitrogens is 1. The van der Waals surface area contributed by atoms with Crippen LogP contribution >= 0.6 is 0 Å². The van der Waals surface area contributed by atoms with Crippen LogP contribution in [0.1, 0.15) is 16.1 Å². The molecule has 2 aromatic rings. The van der Waals surface area contributed by atoms with Crippen LogP contribution in [0.5, 0.6) is 0 Å². The molecule has 0 aliphatic rings. The van der Waals surface area contributed by atoms with E-state index in [0.717, 1.165) is 5.39 Å². The molecule has 6 nitrogen and oxygen atoms in total. The first-order chi connectivity index (χ1) is 10.4. The van der Waals surface area contributed by atoms with Gasteiger partial charge >= 0.3 is 5.97 Å². The fourth-order valence-corrected chi connectivity index (χ4v) is 2.28. The lowest BCUT2D eigenvalue weighted by Crippen LogP contribution is -2.38. The average molecular weight is 308 g/mol. The highest BCUT2D eigenvalue weighted by molar-refractivity contribution is 5.99. The number of carboxylic acid groups (broad SMARTS) is 1. The van der Waals surface area contributed by atoms with Crippen LogP contribution in [0.15, 0.2) is 18.2 Å². The van der Waals surface area contributed by atoms with Crippen LogP contribution in [0.2, 0.25) is 0 Å². The molecule has 22 heavy (non-hydrogen) atoms. The summed E-state index contributed by atoms with van der Waals surface area (Å²) in [5.74, 6) is -1.97. The maximum Gasteiger partial charge on any atom is 0.323 e. The first-order valence-electron chi connectivity index (χ1n) is 6.71. The van der Waals surface area contributed by atoms with E-state index >= 15 is 0 Å². The van der Waals surface area contributed by atoms with Gasteiger partial charge in [-0.3, -0.25) is 9.59 Å². The Labute approximate surface area is 126 Å². The van der Waals surface area contributed by atoms with E-state index in [1.165, 1.54) is 24.1 Å². The smallest absolute Gasteiger partial charge is 0.323 e. The minimum Gasteiger partial charge on any atom is -0.480 e. The second-order valence-electron chi connectivity index (χ2n) is 4.98. The lowest BCUT2D eigenvalue weighted by Gasteiger charge is -2.19. The number of methoxy groups -OCH3 is 1. The predicted octanol–water partition coefficient (Wildman–Crippen LogP) is 1.79. The van der Waals surface area contributed by atoms with E-state index < -0.39 is 24.2 Å². The Bertz CT molecular complexity index is 711. The van der Waals surface area contributed by atoms with Gasteiger partial charge in [0.25, 0.3) is 5.91 Å². The van der Waals surface area contributed by atoms with Gasteiger partial charge in [-0.15, -0.1) is 0 Å². The molecule has 1 aromatic heterocycles. The van der Waals surface area contributed by atoms with Crippen molar-refractivity contribution in [2.45, 2.75) is 6.92 Å². The molecule has 0 saturated heterocycles. The van der Waals surface area contributed by atoms with Crippen LogP contribution in [0.4, 0.5) is 4.39 Å². The van der Waals surface area contributed by atoms with Gasteiger partial charge in [0.2, 0.25) is 0 Å². The van der Waals surface area contributed by atoms with Crippen molar-refractivity contribution in [2.24, 2.45) is 0 Å². The standard InChI is InChI=1S/C15H17FN2O4/c1-9-5-10(16)6-12-11(9)7-13(17-12)15(21)18(3-4-22-2)8-14(19)20/h5-7,17H,3-4,8H2,1-2H3,(H,19,20). The number of amides is 1. The molecule has 118 valence electrons. The van der Waals surface area contributed by atoms with Crippen LogP contribution in [0.25, 0.3) is 10.9 Å². The molecule has 0 atom stereocenters. The van der Waals surface area contributed by atoms with E-state index in [1.54, 1.807) is 13.0 Å². The van der Waals surface area contributed by atoms with Crippen molar-refractivity contribution in [3.63, 3.8) is 0 Å². The number of ether oxygens (including phenoxy) is 1. The van der Waals surface area contributed by atoms with Crippen molar-refractivity contribution in [1.29, 1.82) is 0 Å². The molecule has 0 fully saturated rings. The van der Waals surface area contributed by atoms with Crippen LogP contribution in [0.3, 0.4) is 0 Å². The summed E-state index contributed by atoms with van der Waals surface area (Å²) >= 11 is 0. The fourth-order valence-electron chi connectivity index (χ4n) is 2.28. The minimum atomic E-state index is -1.11. The second-order valence-corrected chi connectivity index (χ2v) is 4.98. The highest BCUT2D eigenvalue weighted by Gasteiger charge is 2.20. The van der Waals surface area contributed by atoms with Gasteiger partial charge in [0.05, 0.1) is 6.61 Å². The van der Waals surface area contributed by atoms with Crippen molar-refractivity contribution < 1.29 is 23.8 Å². The third kappa shape index (κ3) is 3.43. The molecule has 0 saturated carbocycles. The van der Waals surface area contributed by atoms with E-state index in [4.69, 9.17) is 9.84 Å². The number of aromatic amines is 1. The zero-order valence-corrected chi connectivity index (χ0v) is 12.4. The number of hydrogen-bond acceptors (Lipinski definition) is 3. The predicted molar refractivity (Wildman–Crippen MR) is 78.4 cm³/mol. The lowest BCUT2D eigenvalue weighted by molar-refractivity contribution is -0.137. The summed E-state index contributed by atoms with van der Waals surface area (Å²) in [6.45, 7) is 1.70. The molecule has 0 aliphatic carbocycles. The molecule has 0 bridgehead atoms. The Kier molecular flexibility index (Phi) is 4.77. The summed E-state index contributed by atoms with van der Waals surface area (Å²) < 4.78 is 18.3. The summed E-state index contributed by atoms with van der Waals surface area (Å²) in [6, 6.07) is 4.29. The minimum absolute atomic E-state index is 0.157. The number of hydrogen-bond donors (Lipinski definition) is 2. The van der Waals surface area contributed by atoms with E-state index in [9.17, 15) is 14.0 Å². The quantitative estimate of drug-likeness (QED) is 0.852. The largest absolute Gasteiger partial charge is 0.480 e. The van der Waals surface area contributed by atoms with Gasteiger partial charge in [0.15, 0.2) is 0 Å². The van der Waals surface area contributed by atoms with Gasteiger partial charge in [0, 0.05) is 24.6 Å². The number of aliphatic carboxylic acids is 1. The summed E-state index contributed by atoms with van der Waals surface area (Å²) in [4.78, 5) is 27.3. The third-order valence-electron chi connectivity index (χ3n) is 3.32. The van der Waals surface area contributed by atoms with Crippen molar-refractivity contribution >= 4 is 22.8 Å². The zero-order chi connectivity index (χ0) is 16.3. The average Bonchev–Trinajstić information content (AvgIpc) is 2.86. The van der Waals surface area contributed by atoms with Gasteiger partial charge in [0.1, 0.15) is 18.1 Å². The molecule has 0 spiro atoms. The number of carboxylic acids is 1. The van der Waals surface area contributed by atoms with Crippen molar-refractivity contribution in [1.82, 2.24) is 9.88 Å². The Morgan fingerprint density at radius 1 is 1.36 bits per heavy atom. The van der Waals surface area contributed by atoms with E-state index in [0.29, 0.717) is 11.1 Å². The number of nitrogens with zero attached hydrogens (tertiary/aromatic N) is 1. The first kappa shape index (κ1) is 16.0. The maximum atomic E-state index is 13.4. The topological polar surface area (TPSA) is 82.6 Å². The number of halogens is 1. The molecule has 2 rings (SSSR count). The number of benzene rings is 1. The summed E-state index contributed by atoms with van der Waals surface area (Å²) in [7, 11) is 1.47. The number of rotatable bonds is 6. The van der Waals surface area contributed by atoms with Gasteiger partial charge in [-0.2, -0.15) is 0 Å². The number of carbonyl (C=O) groups excluding carboxylic acids is 1. The van der Waals surface area contributed by atoms with Gasteiger partial charge < -0.3 is 19.7 Å². The SMILES string of the molecule is COCCN(CC(=O)O)C(=O)c1cc2c(C)cc(F)cc2[nH]1. The van der Waals surface area contributed by atoms with Crippen LogP contribution in [-0.4, -0.2) is 53.7 Å². The van der Waals surface area contributed by atoms with Gasteiger partial charge in [-0.1, -0.05) is 0 Å². The Balaban J connectivity index is 2.33. The number of nitrogens with one attached hydrogen (secondary N) is 1. The van der Waals surface area contributed by atoms with E-state index in [1.807, 2.05) is 0 Å². The van der Waals surface area contributed by atoms with Crippen molar-refractivity contribution in [3.05, 3.63) is 35.3 Å². The van der Waals surface area contributed by atoms with E-state index in [-0.39, 0.29) is 18.8 Å². The molecule has 0 radical (unpaired) electrons. The molecular formula is C15H17FN2O4. The normalized spacial score (nSPS) is 10.9. The summed E-state index contributed by atoms with van der Waals surface area (Å²) in [5.41, 5.74) is 1.43. The highest BCUT2D eigenvalue weighted by atomic mass is 19.1. The number of aryl methyl sites for hydroxylation is 1. The van der Waals surface area contributed by atoms with Crippen LogP contribution in [-0.2, 0) is 9.53 Å². The Morgan fingerprint density at radius 3 is 2.73 bits per heavy atom. The van der Waals surface area contributed by atoms with Crippen molar-refractivity contribution in [3.8, 4) is 0 Å². The second kappa shape index (κ2) is 6.57. The molecule has 0 aliphatic heterocycles. The molecule has 1 aromatic carbocycles. The van der Waals surface area contributed by atoms with Gasteiger partial charge in [-0.05, 0) is 30.7 Å². The van der Waals surface area contributed by atoms with Gasteiger partial charge in [-0.25, -0.2) is 4.39 Å². The fraction of sp³-hybridized carbons (Fsp3) is 0.333. The molecule has 7 heteroatoms. The third-order valence-corrected chi connectivity index (χ3v) is 3.32. The highest BCUT2D eigenvalue weighted by Crippen LogP contribution is 2.21. The Hall–Kier alpha value is -2.41. The number of H-pyrrole nitrogens is 1. The molecule has 1 heterocycles. The van der Waals surface area contributed by atoms with E-state index in [2.05, 4.69) is 4.98 Å². The molecule has 1 amide bonds. The molecular weight excluding hydrogens is 291 g/mol. The zero-order valence-electron chi connectivity index (χ0n) is 12.4. The van der Waals surface area contributed by atoms with Crippen molar-refractivity contribution in [2.75, 3.05) is 26.8 Å². The maximum absolute atomic E-state index is 13.4. The van der Waals surface area contributed by atoms with Crippen LogP contribution in [0, 0.1) is 12.7 Å². The summed E-state index contributed by atoms with van der Waals surface area (Å²) in [5, 5.41) is 9.63. The monoisotopic (exact) mass is 308 g/mol. The van der Waals surface area contributed by atoms with Crippen LogP contribution < -0.4 is 0 Å². The molecule has 2 N–H and O–H groups in total. The first-order valence-corrected chi connectivity index (χ1v) is 6.71. The number of fused-ring (bicyclic) bond motifs is 1. The lowest BCUT2D eigenvalue weighted by atomic mass is 10.1. The Morgan fingerprint density at radius 2 is 2.09 bits per heavy atom. The summed E-state index contributed by atoms with van der Waals surface area (Å²) in [6.07, 6.45) is 0. The molecule has 0 unspecified atom stereocenters.